The number of aromatic nitrogens is 2. The van der Waals surface area contributed by atoms with Crippen LogP contribution in [0.5, 0.6) is 5.75 Å². The van der Waals surface area contributed by atoms with Crippen LogP contribution < -0.4 is 10.1 Å². The SMILES string of the molecule is COc1cc(C#N)ccc1NC(C)c1ccn[nH]1. The molecule has 18 heavy (non-hydrogen) atoms. The zero-order chi connectivity index (χ0) is 13.0. The van der Waals surface area contributed by atoms with Crippen LogP contribution in [0.25, 0.3) is 0 Å². The van der Waals surface area contributed by atoms with Crippen molar-refractivity contribution in [2.24, 2.45) is 0 Å². The average Bonchev–Trinajstić information content (AvgIpc) is 2.93. The van der Waals surface area contributed by atoms with E-state index in [9.17, 15) is 0 Å². The van der Waals surface area contributed by atoms with Crippen LogP contribution in [0.3, 0.4) is 0 Å². The van der Waals surface area contributed by atoms with Crippen LogP contribution in [0.1, 0.15) is 24.2 Å². The van der Waals surface area contributed by atoms with Crippen LogP contribution in [-0.2, 0) is 0 Å². The summed E-state index contributed by atoms with van der Waals surface area (Å²) in [6.45, 7) is 2.02. The predicted molar refractivity (Wildman–Crippen MR) is 68.3 cm³/mol. The lowest BCUT2D eigenvalue weighted by atomic mass is 10.1. The first-order valence-electron chi connectivity index (χ1n) is 5.58. The van der Waals surface area contributed by atoms with Gasteiger partial charge in [0.25, 0.3) is 0 Å². The number of methoxy groups -OCH3 is 1. The van der Waals surface area contributed by atoms with Crippen molar-refractivity contribution in [1.82, 2.24) is 10.2 Å². The molecule has 2 rings (SSSR count). The van der Waals surface area contributed by atoms with Crippen LogP contribution in [0.2, 0.25) is 0 Å². The highest BCUT2D eigenvalue weighted by molar-refractivity contribution is 5.60. The van der Waals surface area contributed by atoms with Crippen molar-refractivity contribution in [3.8, 4) is 11.8 Å². The summed E-state index contributed by atoms with van der Waals surface area (Å²) in [7, 11) is 1.59. The number of aromatic amines is 1. The lowest BCUT2D eigenvalue weighted by molar-refractivity contribution is 0.416. The molecule has 1 atom stereocenters. The van der Waals surface area contributed by atoms with Crippen molar-refractivity contribution >= 4 is 5.69 Å². The number of nitrogens with one attached hydrogen (secondary N) is 2. The molecule has 0 aliphatic carbocycles. The molecule has 0 bridgehead atoms. The van der Waals surface area contributed by atoms with Gasteiger partial charge in [0.05, 0.1) is 36.2 Å². The Labute approximate surface area is 105 Å². The first-order chi connectivity index (χ1) is 8.74. The first kappa shape index (κ1) is 12.0. The fraction of sp³-hybridized carbons (Fsp3) is 0.231. The molecule has 0 saturated heterocycles. The number of hydrogen-bond donors (Lipinski definition) is 2. The van der Waals surface area contributed by atoms with Gasteiger partial charge in [-0.1, -0.05) is 0 Å². The minimum atomic E-state index is 0.0781. The van der Waals surface area contributed by atoms with E-state index in [2.05, 4.69) is 21.6 Å². The van der Waals surface area contributed by atoms with E-state index < -0.39 is 0 Å². The third-order valence-electron chi connectivity index (χ3n) is 2.69. The van der Waals surface area contributed by atoms with Gasteiger partial charge < -0.3 is 10.1 Å². The van der Waals surface area contributed by atoms with Gasteiger partial charge in [-0.15, -0.1) is 0 Å². The molecule has 0 spiro atoms. The van der Waals surface area contributed by atoms with E-state index in [4.69, 9.17) is 10.00 Å². The van der Waals surface area contributed by atoms with Gasteiger partial charge in [-0.2, -0.15) is 10.4 Å². The van der Waals surface area contributed by atoms with Crippen molar-refractivity contribution in [1.29, 1.82) is 5.26 Å². The molecule has 1 aromatic carbocycles. The molecular formula is C13H14N4O. The molecule has 0 radical (unpaired) electrons. The molecule has 0 fully saturated rings. The Kier molecular flexibility index (Phi) is 3.49. The highest BCUT2D eigenvalue weighted by Crippen LogP contribution is 2.28. The zero-order valence-electron chi connectivity index (χ0n) is 10.3. The van der Waals surface area contributed by atoms with Gasteiger partial charge in [-0.25, -0.2) is 0 Å². The highest BCUT2D eigenvalue weighted by atomic mass is 16.5. The smallest absolute Gasteiger partial charge is 0.143 e. The molecule has 92 valence electrons. The minimum Gasteiger partial charge on any atom is -0.495 e. The third kappa shape index (κ3) is 2.43. The normalized spacial score (nSPS) is 11.6. The van der Waals surface area contributed by atoms with E-state index in [-0.39, 0.29) is 6.04 Å². The summed E-state index contributed by atoms with van der Waals surface area (Å²) in [5.74, 6) is 0.653. The number of rotatable bonds is 4. The fourth-order valence-corrected chi connectivity index (χ4v) is 1.70. The quantitative estimate of drug-likeness (QED) is 0.863. The van der Waals surface area contributed by atoms with Crippen molar-refractivity contribution in [3.63, 3.8) is 0 Å². The monoisotopic (exact) mass is 242 g/mol. The van der Waals surface area contributed by atoms with Crippen molar-refractivity contribution < 1.29 is 4.74 Å². The number of H-pyrrole nitrogens is 1. The molecule has 1 heterocycles. The maximum absolute atomic E-state index is 8.84. The van der Waals surface area contributed by atoms with Crippen LogP contribution in [0, 0.1) is 11.3 Å². The molecule has 5 heteroatoms. The molecular weight excluding hydrogens is 228 g/mol. The molecule has 1 unspecified atom stereocenters. The van der Waals surface area contributed by atoms with Gasteiger partial charge in [0.2, 0.25) is 0 Å². The van der Waals surface area contributed by atoms with Gasteiger partial charge in [0, 0.05) is 12.3 Å². The number of hydrogen-bond acceptors (Lipinski definition) is 4. The summed E-state index contributed by atoms with van der Waals surface area (Å²) in [6.07, 6.45) is 1.71. The van der Waals surface area contributed by atoms with Crippen LogP contribution in [-0.4, -0.2) is 17.3 Å². The van der Waals surface area contributed by atoms with Crippen molar-refractivity contribution in [2.75, 3.05) is 12.4 Å². The molecule has 2 aromatic rings. The number of benzene rings is 1. The maximum Gasteiger partial charge on any atom is 0.143 e. The second-order valence-electron chi connectivity index (χ2n) is 3.90. The highest BCUT2D eigenvalue weighted by Gasteiger charge is 2.10. The molecule has 5 nitrogen and oxygen atoms in total. The van der Waals surface area contributed by atoms with Gasteiger partial charge in [-0.3, -0.25) is 5.10 Å². The standard InChI is InChI=1S/C13H14N4O/c1-9(11-5-6-15-17-11)16-12-4-3-10(8-14)7-13(12)18-2/h3-7,9,16H,1-2H3,(H,15,17). The number of nitriles is 1. The van der Waals surface area contributed by atoms with Crippen LogP contribution >= 0.6 is 0 Å². The third-order valence-corrected chi connectivity index (χ3v) is 2.69. The largest absolute Gasteiger partial charge is 0.495 e. The molecule has 1 aromatic heterocycles. The molecule has 2 N–H and O–H groups in total. The second kappa shape index (κ2) is 5.23. The summed E-state index contributed by atoms with van der Waals surface area (Å²) in [5, 5.41) is 19.0. The Morgan fingerprint density at radius 2 is 2.28 bits per heavy atom. The van der Waals surface area contributed by atoms with E-state index >= 15 is 0 Å². The molecule has 0 aliphatic heterocycles. The van der Waals surface area contributed by atoms with E-state index in [1.807, 2.05) is 19.1 Å². The number of ether oxygens (including phenoxy) is 1. The van der Waals surface area contributed by atoms with Gasteiger partial charge >= 0.3 is 0 Å². The summed E-state index contributed by atoms with van der Waals surface area (Å²) >= 11 is 0. The van der Waals surface area contributed by atoms with Gasteiger partial charge in [-0.05, 0) is 25.1 Å². The Bertz CT molecular complexity index is 557. The van der Waals surface area contributed by atoms with E-state index in [0.29, 0.717) is 11.3 Å². The zero-order valence-corrected chi connectivity index (χ0v) is 10.3. The maximum atomic E-state index is 8.84. The van der Waals surface area contributed by atoms with E-state index in [1.165, 1.54) is 0 Å². The predicted octanol–water partition coefficient (Wildman–Crippen LogP) is 2.46. The topological polar surface area (TPSA) is 73.7 Å². The minimum absolute atomic E-state index is 0.0781. The molecule has 0 saturated carbocycles. The van der Waals surface area contributed by atoms with Crippen LogP contribution in [0.15, 0.2) is 30.5 Å². The molecule has 0 aliphatic rings. The second-order valence-corrected chi connectivity index (χ2v) is 3.90. The number of anilines is 1. The summed E-state index contributed by atoms with van der Waals surface area (Å²) in [6, 6.07) is 9.38. The Hall–Kier alpha value is -2.48. The van der Waals surface area contributed by atoms with Crippen molar-refractivity contribution in [3.05, 3.63) is 41.7 Å². The summed E-state index contributed by atoms with van der Waals surface area (Å²) < 4.78 is 5.27. The lowest BCUT2D eigenvalue weighted by Gasteiger charge is -2.16. The summed E-state index contributed by atoms with van der Waals surface area (Å²) in [4.78, 5) is 0. The average molecular weight is 242 g/mol. The fourth-order valence-electron chi connectivity index (χ4n) is 1.70. The Balaban J connectivity index is 2.21. The summed E-state index contributed by atoms with van der Waals surface area (Å²) in [5.41, 5.74) is 2.41. The van der Waals surface area contributed by atoms with E-state index in [0.717, 1.165) is 11.4 Å². The molecule has 0 amide bonds. The van der Waals surface area contributed by atoms with E-state index in [1.54, 1.807) is 25.4 Å². The number of nitrogens with zero attached hydrogens (tertiary/aromatic N) is 2. The lowest BCUT2D eigenvalue weighted by Crippen LogP contribution is -2.08. The van der Waals surface area contributed by atoms with Crippen molar-refractivity contribution in [2.45, 2.75) is 13.0 Å². The Morgan fingerprint density at radius 1 is 1.44 bits per heavy atom. The Morgan fingerprint density at radius 3 is 2.89 bits per heavy atom. The first-order valence-corrected chi connectivity index (χ1v) is 5.58. The van der Waals surface area contributed by atoms with Gasteiger partial charge in [0.1, 0.15) is 5.75 Å². The van der Waals surface area contributed by atoms with Crippen LogP contribution in [0.4, 0.5) is 5.69 Å². The van der Waals surface area contributed by atoms with Gasteiger partial charge in [0.15, 0.2) is 0 Å².